The zero-order chi connectivity index (χ0) is 20.2. The average molecular weight is 395 g/mol. The van der Waals surface area contributed by atoms with Gasteiger partial charge in [-0.15, -0.1) is 0 Å². The SMILES string of the molecule is CCN(CC)CCOC1=Nc2ccccc2C2C=C1NC(c1ccc(F)cc1)O2. The number of hydrogen-bond acceptors (Lipinski definition) is 5. The Hall–Kier alpha value is -2.70. The van der Waals surface area contributed by atoms with Crippen molar-refractivity contribution in [2.45, 2.75) is 26.2 Å². The van der Waals surface area contributed by atoms with E-state index < -0.39 is 6.23 Å². The van der Waals surface area contributed by atoms with Gasteiger partial charge in [0.1, 0.15) is 18.5 Å². The summed E-state index contributed by atoms with van der Waals surface area (Å²) in [7, 11) is 0. The third kappa shape index (κ3) is 4.33. The van der Waals surface area contributed by atoms with Crippen molar-refractivity contribution in [2.75, 3.05) is 26.2 Å². The molecule has 0 radical (unpaired) electrons. The van der Waals surface area contributed by atoms with Crippen LogP contribution in [0.1, 0.15) is 37.3 Å². The fourth-order valence-electron chi connectivity index (χ4n) is 3.58. The smallest absolute Gasteiger partial charge is 0.237 e. The third-order valence-electron chi connectivity index (χ3n) is 5.30. The van der Waals surface area contributed by atoms with Crippen LogP contribution < -0.4 is 5.32 Å². The van der Waals surface area contributed by atoms with Gasteiger partial charge in [0.05, 0.1) is 11.4 Å². The van der Waals surface area contributed by atoms with Crippen LogP contribution in [0.2, 0.25) is 0 Å². The van der Waals surface area contributed by atoms with E-state index in [1.165, 1.54) is 12.1 Å². The first-order valence-electron chi connectivity index (χ1n) is 10.1. The maximum atomic E-state index is 13.4. The minimum absolute atomic E-state index is 0.259. The Morgan fingerprint density at radius 1 is 1.10 bits per heavy atom. The number of halogens is 1. The minimum Gasteiger partial charge on any atom is -0.475 e. The fraction of sp³-hybridized carbons (Fsp3) is 0.348. The molecule has 2 aromatic rings. The van der Waals surface area contributed by atoms with Crippen LogP contribution in [0.3, 0.4) is 0 Å². The summed E-state index contributed by atoms with van der Waals surface area (Å²) in [6.07, 6.45) is 1.33. The van der Waals surface area contributed by atoms with Gasteiger partial charge in [-0.25, -0.2) is 9.38 Å². The molecule has 29 heavy (non-hydrogen) atoms. The number of hydrogen-bond donors (Lipinski definition) is 1. The predicted octanol–water partition coefficient (Wildman–Crippen LogP) is 4.47. The molecule has 0 amide bonds. The van der Waals surface area contributed by atoms with Crippen molar-refractivity contribution in [3.05, 3.63) is 77.2 Å². The van der Waals surface area contributed by atoms with Gasteiger partial charge in [-0.3, -0.25) is 0 Å². The maximum absolute atomic E-state index is 13.4. The minimum atomic E-state index is -0.414. The number of aliphatic imine (C=N–C) groups is 1. The molecule has 0 spiro atoms. The summed E-state index contributed by atoms with van der Waals surface area (Å²) in [5, 5.41) is 3.36. The van der Waals surface area contributed by atoms with Crippen LogP contribution in [0.4, 0.5) is 10.1 Å². The predicted molar refractivity (Wildman–Crippen MR) is 111 cm³/mol. The normalized spacial score (nSPS) is 20.3. The van der Waals surface area contributed by atoms with Gasteiger partial charge in [-0.1, -0.05) is 44.2 Å². The molecule has 152 valence electrons. The van der Waals surface area contributed by atoms with Crippen molar-refractivity contribution in [1.29, 1.82) is 0 Å². The molecule has 2 bridgehead atoms. The van der Waals surface area contributed by atoms with E-state index in [1.807, 2.05) is 30.3 Å². The van der Waals surface area contributed by atoms with E-state index in [0.717, 1.165) is 42.1 Å². The molecule has 2 heterocycles. The largest absolute Gasteiger partial charge is 0.475 e. The van der Waals surface area contributed by atoms with Crippen molar-refractivity contribution in [1.82, 2.24) is 10.2 Å². The number of rotatable bonds is 6. The second-order valence-corrected chi connectivity index (χ2v) is 7.06. The summed E-state index contributed by atoms with van der Waals surface area (Å²) in [6.45, 7) is 7.64. The molecule has 2 aliphatic heterocycles. The molecule has 2 unspecified atom stereocenters. The lowest BCUT2D eigenvalue weighted by Gasteiger charge is -2.30. The first kappa shape index (κ1) is 19.6. The van der Waals surface area contributed by atoms with Crippen molar-refractivity contribution in [3.63, 3.8) is 0 Å². The first-order chi connectivity index (χ1) is 14.2. The van der Waals surface area contributed by atoms with E-state index in [9.17, 15) is 4.39 Å². The van der Waals surface area contributed by atoms with Crippen LogP contribution in [-0.4, -0.2) is 37.0 Å². The fourth-order valence-corrected chi connectivity index (χ4v) is 3.58. The van der Waals surface area contributed by atoms with Crippen LogP contribution in [-0.2, 0) is 9.47 Å². The van der Waals surface area contributed by atoms with Gasteiger partial charge in [-0.05, 0) is 37.4 Å². The van der Waals surface area contributed by atoms with Crippen molar-refractivity contribution in [2.24, 2.45) is 4.99 Å². The number of benzene rings is 2. The highest BCUT2D eigenvalue weighted by Crippen LogP contribution is 2.39. The molecule has 0 fully saturated rings. The second kappa shape index (κ2) is 8.76. The van der Waals surface area contributed by atoms with E-state index in [0.29, 0.717) is 12.5 Å². The quantitative estimate of drug-likeness (QED) is 0.784. The molecule has 6 heteroatoms. The Balaban J connectivity index is 1.61. The van der Waals surface area contributed by atoms with Crippen molar-refractivity contribution >= 4 is 11.6 Å². The number of likely N-dealkylation sites (N-methyl/N-ethyl adjacent to an activating group) is 1. The summed E-state index contributed by atoms with van der Waals surface area (Å²) < 4.78 is 25.7. The van der Waals surface area contributed by atoms with Crippen LogP contribution in [0.5, 0.6) is 0 Å². The van der Waals surface area contributed by atoms with Crippen LogP contribution >= 0.6 is 0 Å². The Kier molecular flexibility index (Phi) is 5.92. The number of nitrogens with zero attached hydrogens (tertiary/aromatic N) is 2. The Morgan fingerprint density at radius 2 is 1.86 bits per heavy atom. The van der Waals surface area contributed by atoms with E-state index in [-0.39, 0.29) is 11.9 Å². The van der Waals surface area contributed by atoms with Crippen molar-refractivity contribution in [3.8, 4) is 0 Å². The Morgan fingerprint density at radius 3 is 2.62 bits per heavy atom. The van der Waals surface area contributed by atoms with E-state index in [2.05, 4.69) is 24.1 Å². The van der Waals surface area contributed by atoms with Gasteiger partial charge in [0.2, 0.25) is 5.90 Å². The van der Waals surface area contributed by atoms with Crippen molar-refractivity contribution < 1.29 is 13.9 Å². The maximum Gasteiger partial charge on any atom is 0.237 e. The molecular weight excluding hydrogens is 369 g/mol. The molecule has 0 aliphatic carbocycles. The average Bonchev–Trinajstić information content (AvgIpc) is 2.86. The summed E-state index contributed by atoms with van der Waals surface area (Å²) >= 11 is 0. The lowest BCUT2D eigenvalue weighted by molar-refractivity contribution is -0.0146. The zero-order valence-corrected chi connectivity index (χ0v) is 16.8. The molecule has 1 N–H and O–H groups in total. The molecule has 0 saturated heterocycles. The number of fused-ring (bicyclic) bond motifs is 3. The molecule has 2 atom stereocenters. The van der Waals surface area contributed by atoms with Gasteiger partial charge in [0, 0.05) is 17.7 Å². The number of ether oxygens (including phenoxy) is 2. The number of para-hydroxylation sites is 1. The highest BCUT2D eigenvalue weighted by atomic mass is 19.1. The molecule has 0 aromatic heterocycles. The molecule has 4 rings (SSSR count). The van der Waals surface area contributed by atoms with Crippen LogP contribution in [0.25, 0.3) is 0 Å². The van der Waals surface area contributed by atoms with Crippen LogP contribution in [0, 0.1) is 5.82 Å². The van der Waals surface area contributed by atoms with E-state index in [4.69, 9.17) is 14.5 Å². The second-order valence-electron chi connectivity index (χ2n) is 7.06. The lowest BCUT2D eigenvalue weighted by atomic mass is 10.0. The summed E-state index contributed by atoms with van der Waals surface area (Å²) in [5.74, 6) is 0.288. The first-order valence-corrected chi connectivity index (χ1v) is 10.1. The van der Waals surface area contributed by atoms with E-state index >= 15 is 0 Å². The molecule has 0 saturated carbocycles. The summed E-state index contributed by atoms with van der Waals surface area (Å²) in [4.78, 5) is 7.08. The molecule has 2 aliphatic rings. The Bertz CT molecular complexity index is 907. The molecule has 2 aromatic carbocycles. The standard InChI is InChI=1S/C23H26FN3O2/c1-3-27(4-2)13-14-28-23-20-15-21(18-7-5-6-8-19(18)25-23)29-22(26-20)16-9-11-17(24)12-10-16/h5-12,15,21-22,26H,3-4,13-14H2,1-2H3. The summed E-state index contributed by atoms with van der Waals surface area (Å²) in [5.41, 5.74) is 3.47. The van der Waals surface area contributed by atoms with Gasteiger partial charge in [-0.2, -0.15) is 0 Å². The number of nitrogens with one attached hydrogen (secondary N) is 1. The van der Waals surface area contributed by atoms with Gasteiger partial charge in [0.25, 0.3) is 0 Å². The van der Waals surface area contributed by atoms with Crippen LogP contribution in [0.15, 0.2) is 65.3 Å². The Labute approximate surface area is 170 Å². The monoisotopic (exact) mass is 395 g/mol. The molecule has 5 nitrogen and oxygen atoms in total. The lowest BCUT2D eigenvalue weighted by Crippen LogP contribution is -2.34. The highest BCUT2D eigenvalue weighted by Gasteiger charge is 2.31. The van der Waals surface area contributed by atoms with Gasteiger partial charge in [0.15, 0.2) is 6.23 Å². The summed E-state index contributed by atoms with van der Waals surface area (Å²) in [6, 6.07) is 14.3. The topological polar surface area (TPSA) is 46.1 Å². The molecular formula is C23H26FN3O2. The van der Waals surface area contributed by atoms with Gasteiger partial charge < -0.3 is 19.7 Å². The van der Waals surface area contributed by atoms with E-state index in [1.54, 1.807) is 12.1 Å². The highest BCUT2D eigenvalue weighted by molar-refractivity contribution is 5.96. The zero-order valence-electron chi connectivity index (χ0n) is 16.8. The third-order valence-corrected chi connectivity index (χ3v) is 5.30. The van der Waals surface area contributed by atoms with Gasteiger partial charge >= 0.3 is 0 Å².